The molecule has 0 heterocycles. The van der Waals surface area contributed by atoms with Crippen LogP contribution in [0.4, 0.5) is 0 Å². The van der Waals surface area contributed by atoms with Gasteiger partial charge in [0.1, 0.15) is 0 Å². The monoisotopic (exact) mass is 354 g/mol. The van der Waals surface area contributed by atoms with Gasteiger partial charge in [-0.25, -0.2) is 4.79 Å². The first-order valence-corrected chi connectivity index (χ1v) is 9.46. The summed E-state index contributed by atoms with van der Waals surface area (Å²) in [6.07, 6.45) is 3.52. The number of benzene rings is 2. The van der Waals surface area contributed by atoms with E-state index in [-0.39, 0.29) is 6.10 Å². The van der Waals surface area contributed by atoms with Gasteiger partial charge in [-0.2, -0.15) is 0 Å². The van der Waals surface area contributed by atoms with Gasteiger partial charge in [-0.1, -0.05) is 75.7 Å². The topological polar surface area (TPSA) is 57.5 Å². The second-order valence-corrected chi connectivity index (χ2v) is 7.61. The lowest BCUT2D eigenvalue weighted by molar-refractivity contribution is 0.0266. The summed E-state index contributed by atoms with van der Waals surface area (Å²) in [5, 5.41) is 18.7. The Bertz CT molecular complexity index is 694. The molecule has 2 aromatic carbocycles. The maximum absolute atomic E-state index is 11.0. The third-order valence-electron chi connectivity index (χ3n) is 5.23. The van der Waals surface area contributed by atoms with Gasteiger partial charge in [0, 0.05) is 0 Å². The van der Waals surface area contributed by atoms with E-state index < -0.39 is 5.97 Å². The van der Waals surface area contributed by atoms with Crippen molar-refractivity contribution in [3.8, 4) is 11.1 Å². The SMILES string of the molecule is CC1CCC(C(C)C)C(O)C1.O=C(O)c1ccccc1-c1ccccc1. The molecule has 0 amide bonds. The molecule has 3 heteroatoms. The molecule has 26 heavy (non-hydrogen) atoms. The molecule has 1 aliphatic rings. The van der Waals surface area contributed by atoms with Gasteiger partial charge in [-0.15, -0.1) is 0 Å². The van der Waals surface area contributed by atoms with Crippen molar-refractivity contribution in [1.29, 1.82) is 0 Å². The second kappa shape index (κ2) is 9.54. The van der Waals surface area contributed by atoms with Crippen molar-refractivity contribution >= 4 is 5.97 Å². The molecule has 2 aromatic rings. The van der Waals surface area contributed by atoms with Crippen LogP contribution in [0.3, 0.4) is 0 Å². The Hall–Kier alpha value is -2.13. The van der Waals surface area contributed by atoms with Gasteiger partial charge in [0.05, 0.1) is 11.7 Å². The average molecular weight is 354 g/mol. The quantitative estimate of drug-likeness (QED) is 0.766. The van der Waals surface area contributed by atoms with Crippen LogP contribution in [0.15, 0.2) is 54.6 Å². The van der Waals surface area contributed by atoms with Gasteiger partial charge in [0.15, 0.2) is 0 Å². The Morgan fingerprint density at radius 3 is 2.19 bits per heavy atom. The third-order valence-corrected chi connectivity index (χ3v) is 5.23. The summed E-state index contributed by atoms with van der Waals surface area (Å²) in [5.74, 6) is 1.05. The number of carboxylic acids is 1. The van der Waals surface area contributed by atoms with E-state index in [9.17, 15) is 9.90 Å². The predicted octanol–water partition coefficient (Wildman–Crippen LogP) is 5.49. The van der Waals surface area contributed by atoms with E-state index in [0.717, 1.165) is 23.5 Å². The van der Waals surface area contributed by atoms with E-state index in [0.29, 0.717) is 17.4 Å². The molecule has 3 unspecified atom stereocenters. The predicted molar refractivity (Wildman–Crippen MR) is 106 cm³/mol. The highest BCUT2D eigenvalue weighted by atomic mass is 16.4. The average Bonchev–Trinajstić information content (AvgIpc) is 2.62. The van der Waals surface area contributed by atoms with Crippen molar-refractivity contribution in [2.75, 3.05) is 0 Å². The van der Waals surface area contributed by atoms with Gasteiger partial charge in [-0.05, 0) is 47.8 Å². The zero-order chi connectivity index (χ0) is 19.1. The van der Waals surface area contributed by atoms with E-state index in [4.69, 9.17) is 5.11 Å². The molecule has 0 aliphatic heterocycles. The van der Waals surface area contributed by atoms with Gasteiger partial charge < -0.3 is 10.2 Å². The molecule has 0 aromatic heterocycles. The summed E-state index contributed by atoms with van der Waals surface area (Å²) in [6, 6.07) is 16.5. The first-order chi connectivity index (χ1) is 12.4. The third kappa shape index (κ3) is 5.43. The van der Waals surface area contributed by atoms with Gasteiger partial charge in [0.2, 0.25) is 0 Å². The molecule has 0 radical (unpaired) electrons. The maximum Gasteiger partial charge on any atom is 0.336 e. The molecular weight excluding hydrogens is 324 g/mol. The van der Waals surface area contributed by atoms with Crippen molar-refractivity contribution in [1.82, 2.24) is 0 Å². The molecule has 1 fully saturated rings. The lowest BCUT2D eigenvalue weighted by Crippen LogP contribution is -2.31. The number of carboxylic acid groups (broad SMARTS) is 1. The number of hydrogen-bond acceptors (Lipinski definition) is 2. The Labute approximate surface area is 156 Å². The van der Waals surface area contributed by atoms with Crippen molar-refractivity contribution in [2.45, 2.75) is 46.1 Å². The molecule has 3 rings (SSSR count). The largest absolute Gasteiger partial charge is 0.478 e. The van der Waals surface area contributed by atoms with E-state index >= 15 is 0 Å². The highest BCUT2D eigenvalue weighted by molar-refractivity contribution is 5.95. The van der Waals surface area contributed by atoms with Crippen LogP contribution in [0.1, 0.15) is 50.4 Å². The number of hydrogen-bond donors (Lipinski definition) is 2. The fourth-order valence-electron chi connectivity index (χ4n) is 3.69. The summed E-state index contributed by atoms with van der Waals surface area (Å²) in [7, 11) is 0. The van der Waals surface area contributed by atoms with Gasteiger partial charge >= 0.3 is 5.97 Å². The summed E-state index contributed by atoms with van der Waals surface area (Å²) in [4.78, 5) is 11.0. The summed E-state index contributed by atoms with van der Waals surface area (Å²) in [6.45, 7) is 6.66. The number of rotatable bonds is 3. The first kappa shape index (κ1) is 20.2. The molecule has 0 bridgehead atoms. The van der Waals surface area contributed by atoms with Crippen LogP contribution >= 0.6 is 0 Å². The standard InChI is InChI=1S/C13H10O2.C10H20O/c14-13(15)12-9-5-4-8-11(12)10-6-2-1-3-7-10;1-7(2)9-5-4-8(3)6-10(9)11/h1-9H,(H,14,15);7-11H,4-6H2,1-3H3. The zero-order valence-electron chi connectivity index (χ0n) is 15.9. The molecule has 140 valence electrons. The number of aliphatic hydroxyl groups excluding tert-OH is 1. The fraction of sp³-hybridized carbons (Fsp3) is 0.435. The van der Waals surface area contributed by atoms with E-state index in [2.05, 4.69) is 20.8 Å². The zero-order valence-corrected chi connectivity index (χ0v) is 15.9. The van der Waals surface area contributed by atoms with Crippen molar-refractivity contribution in [2.24, 2.45) is 17.8 Å². The lowest BCUT2D eigenvalue weighted by atomic mass is 9.75. The summed E-state index contributed by atoms with van der Waals surface area (Å²) < 4.78 is 0. The van der Waals surface area contributed by atoms with E-state index in [1.165, 1.54) is 12.8 Å². The first-order valence-electron chi connectivity index (χ1n) is 9.46. The molecule has 0 spiro atoms. The van der Waals surface area contributed by atoms with Crippen molar-refractivity contribution in [3.63, 3.8) is 0 Å². The number of aliphatic hydroxyl groups is 1. The Kier molecular flexibility index (Phi) is 7.40. The molecule has 3 nitrogen and oxygen atoms in total. The minimum atomic E-state index is -0.894. The highest BCUT2D eigenvalue weighted by Gasteiger charge is 2.28. The Morgan fingerprint density at radius 2 is 1.62 bits per heavy atom. The fourth-order valence-corrected chi connectivity index (χ4v) is 3.69. The van der Waals surface area contributed by atoms with Crippen LogP contribution in [0.2, 0.25) is 0 Å². The van der Waals surface area contributed by atoms with E-state index in [1.807, 2.05) is 42.5 Å². The van der Waals surface area contributed by atoms with Crippen molar-refractivity contribution in [3.05, 3.63) is 60.2 Å². The normalized spacial score (nSPS) is 22.4. The van der Waals surface area contributed by atoms with Gasteiger partial charge in [-0.3, -0.25) is 0 Å². The number of aromatic carboxylic acids is 1. The van der Waals surface area contributed by atoms with Gasteiger partial charge in [0.25, 0.3) is 0 Å². The number of carbonyl (C=O) groups is 1. The van der Waals surface area contributed by atoms with Crippen LogP contribution in [0.5, 0.6) is 0 Å². The van der Waals surface area contributed by atoms with Crippen LogP contribution in [-0.4, -0.2) is 22.3 Å². The Morgan fingerprint density at radius 1 is 1.00 bits per heavy atom. The highest BCUT2D eigenvalue weighted by Crippen LogP contribution is 2.33. The minimum Gasteiger partial charge on any atom is -0.478 e. The summed E-state index contributed by atoms with van der Waals surface area (Å²) in [5.41, 5.74) is 2.02. The summed E-state index contributed by atoms with van der Waals surface area (Å²) >= 11 is 0. The smallest absolute Gasteiger partial charge is 0.336 e. The maximum atomic E-state index is 11.0. The second-order valence-electron chi connectivity index (χ2n) is 7.61. The van der Waals surface area contributed by atoms with Crippen molar-refractivity contribution < 1.29 is 15.0 Å². The molecule has 2 N–H and O–H groups in total. The molecule has 1 aliphatic carbocycles. The van der Waals surface area contributed by atoms with Crippen LogP contribution in [-0.2, 0) is 0 Å². The molecule has 1 saturated carbocycles. The lowest BCUT2D eigenvalue weighted by Gasteiger charge is -2.33. The molecule has 0 saturated heterocycles. The minimum absolute atomic E-state index is 0.0289. The van der Waals surface area contributed by atoms with Crippen LogP contribution in [0, 0.1) is 17.8 Å². The van der Waals surface area contributed by atoms with Crippen LogP contribution < -0.4 is 0 Å². The molecular formula is C23H30O3. The molecule has 3 atom stereocenters. The Balaban J connectivity index is 0.000000197. The van der Waals surface area contributed by atoms with Crippen LogP contribution in [0.25, 0.3) is 11.1 Å². The van der Waals surface area contributed by atoms with E-state index in [1.54, 1.807) is 12.1 Å².